The smallest absolute Gasteiger partial charge is 0.322 e. The number of halogens is 1. The molecule has 0 bridgehead atoms. The molecule has 2 rings (SSSR count). The quantitative estimate of drug-likeness (QED) is 0.840. The lowest BCUT2D eigenvalue weighted by atomic mass is 10.3. The zero-order valence-electron chi connectivity index (χ0n) is 11.3. The minimum Gasteiger partial charge on any atom is -0.332 e. The van der Waals surface area contributed by atoms with E-state index in [4.69, 9.17) is 0 Å². The number of rotatable bonds is 3. The number of carbonyl (C=O) groups is 1. The maximum Gasteiger partial charge on any atom is 0.322 e. The summed E-state index contributed by atoms with van der Waals surface area (Å²) in [6.45, 7) is 6.73. The molecule has 1 aliphatic rings. The molecule has 1 heterocycles. The molecule has 0 atom stereocenters. The number of amides is 2. The Hall–Kier alpha value is -1.62. The number of hydrogen-bond acceptors (Lipinski definition) is 1. The average Bonchev–Trinajstić information content (AvgIpc) is 2.42. The van der Waals surface area contributed by atoms with E-state index in [0.29, 0.717) is 0 Å². The van der Waals surface area contributed by atoms with E-state index in [2.05, 4.69) is 12.2 Å². The van der Waals surface area contributed by atoms with Crippen LogP contribution in [-0.2, 0) is 0 Å². The molecule has 0 saturated carbocycles. The topological polar surface area (TPSA) is 36.8 Å². The van der Waals surface area contributed by atoms with Crippen molar-refractivity contribution in [3.63, 3.8) is 0 Å². The van der Waals surface area contributed by atoms with Crippen molar-refractivity contribution >= 4 is 11.7 Å². The van der Waals surface area contributed by atoms with Gasteiger partial charge in [-0.15, -0.1) is 0 Å². The third kappa shape index (κ3) is 3.67. The van der Waals surface area contributed by atoms with Gasteiger partial charge in [-0.25, -0.2) is 9.18 Å². The van der Waals surface area contributed by atoms with Crippen LogP contribution in [0.1, 0.15) is 13.3 Å². The van der Waals surface area contributed by atoms with Crippen LogP contribution < -0.4 is 10.2 Å². The van der Waals surface area contributed by atoms with E-state index in [0.717, 1.165) is 39.1 Å². The molecule has 0 aromatic heterocycles. The van der Waals surface area contributed by atoms with Gasteiger partial charge in [0.05, 0.1) is 38.4 Å². The van der Waals surface area contributed by atoms with Crippen molar-refractivity contribution in [1.29, 1.82) is 0 Å². The summed E-state index contributed by atoms with van der Waals surface area (Å²) < 4.78 is 13.4. The molecule has 1 fully saturated rings. The van der Waals surface area contributed by atoms with Gasteiger partial charge in [-0.05, 0) is 18.6 Å². The van der Waals surface area contributed by atoms with Crippen LogP contribution in [0.2, 0.25) is 0 Å². The number of nitrogens with one attached hydrogen (secondary N) is 2. The highest BCUT2D eigenvalue weighted by atomic mass is 19.1. The molecule has 0 spiro atoms. The van der Waals surface area contributed by atoms with E-state index in [-0.39, 0.29) is 11.7 Å². The van der Waals surface area contributed by atoms with Crippen molar-refractivity contribution in [2.75, 3.05) is 38.0 Å². The van der Waals surface area contributed by atoms with Gasteiger partial charge in [-0.3, -0.25) is 0 Å². The zero-order valence-corrected chi connectivity index (χ0v) is 11.3. The van der Waals surface area contributed by atoms with Crippen LogP contribution in [0.25, 0.3) is 0 Å². The molecule has 2 N–H and O–H groups in total. The first-order valence-corrected chi connectivity index (χ1v) is 6.84. The van der Waals surface area contributed by atoms with Crippen molar-refractivity contribution in [1.82, 2.24) is 4.90 Å². The number of quaternary nitrogens is 1. The molecule has 2 amide bonds. The van der Waals surface area contributed by atoms with Crippen LogP contribution in [0.3, 0.4) is 0 Å². The molecule has 5 heteroatoms. The van der Waals surface area contributed by atoms with Crippen LogP contribution in [0.4, 0.5) is 14.9 Å². The van der Waals surface area contributed by atoms with E-state index in [1.807, 2.05) is 0 Å². The number of carbonyl (C=O) groups excluding carboxylic acids is 1. The number of benzene rings is 1. The lowest BCUT2D eigenvalue weighted by Crippen LogP contribution is -3.14. The highest BCUT2D eigenvalue weighted by molar-refractivity contribution is 5.89. The zero-order chi connectivity index (χ0) is 13.7. The van der Waals surface area contributed by atoms with E-state index in [9.17, 15) is 9.18 Å². The molecular weight excluding hydrogens is 245 g/mol. The lowest BCUT2D eigenvalue weighted by molar-refractivity contribution is -0.904. The van der Waals surface area contributed by atoms with Gasteiger partial charge in [-0.2, -0.15) is 0 Å². The van der Waals surface area contributed by atoms with Gasteiger partial charge in [0.25, 0.3) is 0 Å². The van der Waals surface area contributed by atoms with Gasteiger partial charge in [-0.1, -0.05) is 19.1 Å². The third-order valence-corrected chi connectivity index (χ3v) is 3.48. The lowest BCUT2D eigenvalue weighted by Gasteiger charge is -2.32. The Kier molecular flexibility index (Phi) is 4.74. The fourth-order valence-electron chi connectivity index (χ4n) is 2.39. The fourth-order valence-corrected chi connectivity index (χ4v) is 2.39. The molecule has 1 aliphatic heterocycles. The van der Waals surface area contributed by atoms with Gasteiger partial charge in [0.1, 0.15) is 5.82 Å². The first-order chi connectivity index (χ1) is 9.20. The molecule has 1 aromatic carbocycles. The molecule has 4 nitrogen and oxygen atoms in total. The van der Waals surface area contributed by atoms with Gasteiger partial charge in [0, 0.05) is 0 Å². The van der Waals surface area contributed by atoms with Crippen molar-refractivity contribution < 1.29 is 14.1 Å². The Morgan fingerprint density at radius 3 is 2.68 bits per heavy atom. The van der Waals surface area contributed by atoms with Crippen LogP contribution >= 0.6 is 0 Å². The van der Waals surface area contributed by atoms with Gasteiger partial charge < -0.3 is 15.1 Å². The summed E-state index contributed by atoms with van der Waals surface area (Å²) in [4.78, 5) is 15.3. The van der Waals surface area contributed by atoms with Crippen molar-refractivity contribution in [3.05, 3.63) is 30.1 Å². The average molecular weight is 266 g/mol. The van der Waals surface area contributed by atoms with Gasteiger partial charge in [0.2, 0.25) is 0 Å². The first kappa shape index (κ1) is 13.8. The van der Waals surface area contributed by atoms with Crippen LogP contribution in [0, 0.1) is 5.82 Å². The second kappa shape index (κ2) is 6.52. The summed E-state index contributed by atoms with van der Waals surface area (Å²) in [5.41, 5.74) is 0.246. The standard InChI is InChI=1S/C14H20FN3O/c1-2-7-17-8-10-18(11-9-17)14(19)16-13-6-4-3-5-12(13)15/h3-6H,2,7-11H2,1H3,(H,16,19)/p+1. The Labute approximate surface area is 113 Å². The van der Waals surface area contributed by atoms with Crippen molar-refractivity contribution in [2.24, 2.45) is 0 Å². The maximum absolute atomic E-state index is 13.4. The highest BCUT2D eigenvalue weighted by Gasteiger charge is 2.23. The van der Waals surface area contributed by atoms with E-state index in [1.165, 1.54) is 11.0 Å². The fraction of sp³-hybridized carbons (Fsp3) is 0.500. The van der Waals surface area contributed by atoms with Crippen molar-refractivity contribution in [3.8, 4) is 0 Å². The molecule has 104 valence electrons. The monoisotopic (exact) mass is 266 g/mol. The summed E-state index contributed by atoms with van der Waals surface area (Å²) in [7, 11) is 0. The second-order valence-electron chi connectivity index (χ2n) is 4.90. The van der Waals surface area contributed by atoms with E-state index in [1.54, 1.807) is 23.1 Å². The molecule has 0 radical (unpaired) electrons. The Morgan fingerprint density at radius 2 is 2.05 bits per heavy atom. The minimum absolute atomic E-state index is 0.208. The Balaban J connectivity index is 1.87. The summed E-state index contributed by atoms with van der Waals surface area (Å²) in [6, 6.07) is 6.03. The van der Waals surface area contributed by atoms with E-state index >= 15 is 0 Å². The normalized spacial score (nSPS) is 16.4. The van der Waals surface area contributed by atoms with Gasteiger partial charge >= 0.3 is 6.03 Å². The number of piperazine rings is 1. The molecular formula is C14H21FN3O+. The number of nitrogens with zero attached hydrogens (tertiary/aromatic N) is 1. The predicted octanol–water partition coefficient (Wildman–Crippen LogP) is 0.968. The maximum atomic E-state index is 13.4. The summed E-state index contributed by atoms with van der Waals surface area (Å²) >= 11 is 0. The van der Waals surface area contributed by atoms with Crippen LogP contribution in [-0.4, -0.2) is 43.7 Å². The van der Waals surface area contributed by atoms with Crippen LogP contribution in [0.15, 0.2) is 24.3 Å². The molecule has 1 saturated heterocycles. The summed E-state index contributed by atoms with van der Waals surface area (Å²) in [5.74, 6) is -0.397. The van der Waals surface area contributed by atoms with Crippen molar-refractivity contribution in [2.45, 2.75) is 13.3 Å². The number of urea groups is 1. The number of para-hydroxylation sites is 1. The summed E-state index contributed by atoms with van der Waals surface area (Å²) in [5, 5.41) is 2.63. The highest BCUT2D eigenvalue weighted by Crippen LogP contribution is 2.13. The second-order valence-corrected chi connectivity index (χ2v) is 4.90. The number of anilines is 1. The largest absolute Gasteiger partial charge is 0.332 e. The Bertz CT molecular complexity index is 430. The first-order valence-electron chi connectivity index (χ1n) is 6.84. The number of hydrogen-bond donors (Lipinski definition) is 2. The minimum atomic E-state index is -0.397. The van der Waals surface area contributed by atoms with Crippen LogP contribution in [0.5, 0.6) is 0 Å². The van der Waals surface area contributed by atoms with Gasteiger partial charge in [0.15, 0.2) is 0 Å². The molecule has 0 aliphatic carbocycles. The summed E-state index contributed by atoms with van der Waals surface area (Å²) in [6.07, 6.45) is 1.16. The molecule has 1 aromatic rings. The molecule has 0 unspecified atom stereocenters. The predicted molar refractivity (Wildman–Crippen MR) is 72.8 cm³/mol. The molecule has 19 heavy (non-hydrogen) atoms. The third-order valence-electron chi connectivity index (χ3n) is 3.48. The van der Waals surface area contributed by atoms with E-state index < -0.39 is 5.82 Å². The SMILES string of the molecule is CCC[NH+]1CCN(C(=O)Nc2ccccc2F)CC1. The Morgan fingerprint density at radius 1 is 1.37 bits per heavy atom.